The van der Waals surface area contributed by atoms with Gasteiger partial charge in [0.05, 0.1) is 17.8 Å². The Bertz CT molecular complexity index is 1550. The van der Waals surface area contributed by atoms with Crippen LogP contribution in [-0.4, -0.2) is 17.6 Å². The van der Waals surface area contributed by atoms with Crippen molar-refractivity contribution in [1.82, 2.24) is 9.88 Å². The molecule has 0 aliphatic heterocycles. The highest BCUT2D eigenvalue weighted by atomic mass is 35.5. The molecule has 0 saturated carbocycles. The lowest BCUT2D eigenvalue weighted by Crippen LogP contribution is -2.29. The van der Waals surface area contributed by atoms with Gasteiger partial charge in [0.2, 0.25) is 0 Å². The predicted octanol–water partition coefficient (Wildman–Crippen LogP) is 6.27. The number of aromatic nitrogens is 1. The number of anilines is 2. The number of rotatable bonds is 8. The Kier molecular flexibility index (Phi) is 8.02. The van der Waals surface area contributed by atoms with E-state index in [1.165, 1.54) is 23.7 Å². The molecule has 4 aromatic rings. The lowest BCUT2D eigenvalue weighted by molar-refractivity contribution is 0.0948. The molecule has 7 nitrogen and oxygen atoms in total. The lowest BCUT2D eigenvalue weighted by atomic mass is 10.1. The Labute approximate surface area is 224 Å². The molecule has 0 bridgehead atoms. The number of halogens is 2. The van der Waals surface area contributed by atoms with Crippen LogP contribution in [0.25, 0.3) is 0 Å². The van der Waals surface area contributed by atoms with Crippen molar-refractivity contribution in [3.05, 3.63) is 110 Å². The van der Waals surface area contributed by atoms with E-state index in [0.29, 0.717) is 10.8 Å². The molecule has 0 fully saturated rings. The number of amides is 1. The van der Waals surface area contributed by atoms with Crippen molar-refractivity contribution >= 4 is 29.0 Å². The molecular weight excluding hydrogens is 509 g/mol. The Morgan fingerprint density at radius 1 is 0.974 bits per heavy atom. The van der Waals surface area contributed by atoms with Crippen LogP contribution in [0.5, 0.6) is 17.2 Å². The van der Waals surface area contributed by atoms with Crippen LogP contribution in [0, 0.1) is 19.7 Å². The van der Waals surface area contributed by atoms with E-state index in [9.17, 15) is 14.0 Å². The standard InChI is InChI=1S/C29H27ClFN3O4/c1-17-6-12-24(21(30)13-17)38-25-15-26(35)34(3)28(33-23-11-5-18(2)14-22(23)31)27(25)29(36)32-16-19-7-9-20(37-4)10-8-19/h5-15,33H,16H2,1-4H3,(H,32,36). The zero-order valence-electron chi connectivity index (χ0n) is 21.4. The second kappa shape index (κ2) is 11.4. The third-order valence-corrected chi connectivity index (χ3v) is 6.22. The van der Waals surface area contributed by atoms with Gasteiger partial charge in [0.15, 0.2) is 0 Å². The minimum Gasteiger partial charge on any atom is -0.497 e. The van der Waals surface area contributed by atoms with E-state index in [4.69, 9.17) is 21.1 Å². The fourth-order valence-corrected chi connectivity index (χ4v) is 4.07. The number of benzene rings is 3. The van der Waals surface area contributed by atoms with E-state index in [1.54, 1.807) is 56.5 Å². The van der Waals surface area contributed by atoms with Crippen LogP contribution in [0.15, 0.2) is 71.5 Å². The van der Waals surface area contributed by atoms with Crippen LogP contribution in [0.2, 0.25) is 5.02 Å². The van der Waals surface area contributed by atoms with Crippen LogP contribution in [0.3, 0.4) is 0 Å². The van der Waals surface area contributed by atoms with Crippen LogP contribution >= 0.6 is 11.6 Å². The number of nitrogens with one attached hydrogen (secondary N) is 2. The van der Waals surface area contributed by atoms with Crippen molar-refractivity contribution < 1.29 is 18.7 Å². The molecule has 1 amide bonds. The molecule has 1 heterocycles. The summed E-state index contributed by atoms with van der Waals surface area (Å²) in [6.45, 7) is 3.83. The van der Waals surface area contributed by atoms with Gasteiger partial charge < -0.3 is 20.1 Å². The van der Waals surface area contributed by atoms with Crippen molar-refractivity contribution in [3.63, 3.8) is 0 Å². The molecule has 3 aromatic carbocycles. The SMILES string of the molecule is COc1ccc(CNC(=O)c2c(Oc3ccc(C)cc3Cl)cc(=O)n(C)c2Nc2ccc(C)cc2F)cc1. The normalized spacial score (nSPS) is 10.7. The number of hydrogen-bond donors (Lipinski definition) is 2. The van der Waals surface area contributed by atoms with Crippen molar-refractivity contribution in [1.29, 1.82) is 0 Å². The predicted molar refractivity (Wildman–Crippen MR) is 147 cm³/mol. The van der Waals surface area contributed by atoms with Crippen molar-refractivity contribution in [3.8, 4) is 17.2 Å². The Balaban J connectivity index is 1.78. The first-order valence-corrected chi connectivity index (χ1v) is 12.2. The van der Waals surface area contributed by atoms with Gasteiger partial charge in [-0.1, -0.05) is 35.9 Å². The zero-order chi connectivity index (χ0) is 27.4. The Hall–Kier alpha value is -4.30. The zero-order valence-corrected chi connectivity index (χ0v) is 22.2. The molecule has 2 N–H and O–H groups in total. The van der Waals surface area contributed by atoms with Gasteiger partial charge in [-0.05, 0) is 66.9 Å². The summed E-state index contributed by atoms with van der Waals surface area (Å²) in [4.78, 5) is 26.5. The molecule has 0 radical (unpaired) electrons. The number of aryl methyl sites for hydroxylation is 2. The minimum atomic E-state index is -0.537. The molecule has 0 aliphatic rings. The third kappa shape index (κ3) is 5.98. The highest BCUT2D eigenvalue weighted by Crippen LogP contribution is 2.35. The van der Waals surface area contributed by atoms with Gasteiger partial charge in [0.1, 0.15) is 34.4 Å². The molecule has 196 valence electrons. The average molecular weight is 536 g/mol. The molecule has 38 heavy (non-hydrogen) atoms. The van der Waals surface area contributed by atoms with Crippen molar-refractivity contribution in [2.75, 3.05) is 12.4 Å². The molecule has 0 saturated heterocycles. The summed E-state index contributed by atoms with van der Waals surface area (Å²) >= 11 is 6.37. The number of hydrogen-bond acceptors (Lipinski definition) is 5. The summed E-state index contributed by atoms with van der Waals surface area (Å²) in [7, 11) is 3.06. The van der Waals surface area contributed by atoms with Gasteiger partial charge in [-0.15, -0.1) is 0 Å². The van der Waals surface area contributed by atoms with Crippen molar-refractivity contribution in [2.45, 2.75) is 20.4 Å². The van der Waals surface area contributed by atoms with Gasteiger partial charge >= 0.3 is 0 Å². The second-order valence-electron chi connectivity index (χ2n) is 8.80. The van der Waals surface area contributed by atoms with Gasteiger partial charge in [0, 0.05) is 19.7 Å². The molecule has 0 aliphatic carbocycles. The van der Waals surface area contributed by atoms with Crippen molar-refractivity contribution in [2.24, 2.45) is 7.05 Å². The van der Waals surface area contributed by atoms with E-state index in [1.807, 2.05) is 19.1 Å². The highest BCUT2D eigenvalue weighted by Gasteiger charge is 2.24. The topological polar surface area (TPSA) is 81.6 Å². The lowest BCUT2D eigenvalue weighted by Gasteiger charge is -2.20. The molecule has 0 atom stereocenters. The monoisotopic (exact) mass is 535 g/mol. The summed E-state index contributed by atoms with van der Waals surface area (Å²) in [5, 5.41) is 6.09. The number of ether oxygens (including phenoxy) is 2. The van der Waals surface area contributed by atoms with E-state index in [2.05, 4.69) is 10.6 Å². The van der Waals surface area contributed by atoms with Gasteiger partial charge in [-0.25, -0.2) is 4.39 Å². The van der Waals surface area contributed by atoms with Gasteiger partial charge in [-0.2, -0.15) is 0 Å². The van der Waals surface area contributed by atoms with Crippen LogP contribution in [0.1, 0.15) is 27.0 Å². The van der Waals surface area contributed by atoms with E-state index < -0.39 is 17.3 Å². The Morgan fingerprint density at radius 3 is 2.32 bits per heavy atom. The molecular formula is C29H27ClFN3O4. The van der Waals surface area contributed by atoms with E-state index in [-0.39, 0.29) is 35.1 Å². The number of carbonyl (C=O) groups is 1. The first-order chi connectivity index (χ1) is 18.2. The fourth-order valence-electron chi connectivity index (χ4n) is 3.79. The van der Waals surface area contributed by atoms with Gasteiger partial charge in [-0.3, -0.25) is 14.2 Å². The molecule has 4 rings (SSSR count). The molecule has 0 spiro atoms. The third-order valence-electron chi connectivity index (χ3n) is 5.93. The highest BCUT2D eigenvalue weighted by molar-refractivity contribution is 6.32. The summed E-state index contributed by atoms with van der Waals surface area (Å²) < 4.78 is 27.2. The maximum Gasteiger partial charge on any atom is 0.259 e. The number of pyridine rings is 1. The number of carbonyl (C=O) groups excluding carboxylic acids is 1. The first kappa shape index (κ1) is 26.8. The van der Waals surface area contributed by atoms with E-state index in [0.717, 1.165) is 16.7 Å². The average Bonchev–Trinajstić information content (AvgIpc) is 2.89. The van der Waals surface area contributed by atoms with E-state index >= 15 is 0 Å². The summed E-state index contributed by atoms with van der Waals surface area (Å²) in [6, 6.07) is 18.2. The second-order valence-corrected chi connectivity index (χ2v) is 9.21. The summed E-state index contributed by atoms with van der Waals surface area (Å²) in [5.41, 5.74) is 2.11. The number of nitrogens with zero attached hydrogens (tertiary/aromatic N) is 1. The largest absolute Gasteiger partial charge is 0.497 e. The van der Waals surface area contributed by atoms with Crippen LogP contribution in [-0.2, 0) is 13.6 Å². The molecule has 1 aromatic heterocycles. The summed E-state index contributed by atoms with van der Waals surface area (Å²) in [6.07, 6.45) is 0. The van der Waals surface area contributed by atoms with Gasteiger partial charge in [0.25, 0.3) is 11.5 Å². The fraction of sp³-hybridized carbons (Fsp3) is 0.172. The van der Waals surface area contributed by atoms with Crippen LogP contribution in [0.4, 0.5) is 15.9 Å². The maximum absolute atomic E-state index is 14.8. The number of methoxy groups -OCH3 is 1. The Morgan fingerprint density at radius 2 is 1.66 bits per heavy atom. The molecule has 9 heteroatoms. The first-order valence-electron chi connectivity index (χ1n) is 11.8. The smallest absolute Gasteiger partial charge is 0.259 e. The summed E-state index contributed by atoms with van der Waals surface area (Å²) in [5.74, 6) is -0.0796. The maximum atomic E-state index is 14.8. The molecule has 0 unspecified atom stereocenters. The minimum absolute atomic E-state index is 0.0113. The van der Waals surface area contributed by atoms with Crippen LogP contribution < -0.4 is 25.7 Å². The quantitative estimate of drug-likeness (QED) is 0.278.